The van der Waals surface area contributed by atoms with Crippen molar-refractivity contribution < 1.29 is 19.4 Å². The van der Waals surface area contributed by atoms with Crippen LogP contribution in [0.1, 0.15) is 13.8 Å². The first-order valence-electron chi connectivity index (χ1n) is 6.27. The minimum Gasteiger partial charge on any atom is -0.480 e. The van der Waals surface area contributed by atoms with Crippen LogP contribution in [0.5, 0.6) is 5.75 Å². The summed E-state index contributed by atoms with van der Waals surface area (Å²) in [5.41, 5.74) is 0.0469. The second-order valence-electron chi connectivity index (χ2n) is 5.29. The first-order valence-corrected chi connectivity index (χ1v) is 6.65. The van der Waals surface area contributed by atoms with Gasteiger partial charge in [0, 0.05) is 5.69 Å². The van der Waals surface area contributed by atoms with Gasteiger partial charge in [0.15, 0.2) is 12.4 Å². The Morgan fingerprint density at radius 1 is 1.52 bits per heavy atom. The lowest BCUT2D eigenvalue weighted by atomic mass is 10.1. The molecule has 7 nitrogen and oxygen atoms in total. The second kappa shape index (κ2) is 5.79. The fourth-order valence-electron chi connectivity index (χ4n) is 1.74. The molecule has 1 heterocycles. The average molecular weight is 314 g/mol. The number of benzene rings is 1. The number of rotatable bonds is 3. The summed E-state index contributed by atoms with van der Waals surface area (Å²) in [6, 6.07) is 2.57. The lowest BCUT2D eigenvalue weighted by molar-refractivity contribution is -0.118. The van der Waals surface area contributed by atoms with Gasteiger partial charge in [-0.05, 0) is 26.0 Å². The molecule has 0 radical (unpaired) electrons. The van der Waals surface area contributed by atoms with E-state index in [2.05, 4.69) is 16.0 Å². The Hall–Kier alpha value is -1.99. The standard InChI is InChI=1S/C13H16ClN3O4/c1-13(2,6-18)17-12(20)15-7-3-8(14)11-9(4-7)16-10(19)5-21-11/h3-4,18H,5-6H2,1-2H3,(H,16,19)(H2,15,17,20). The Kier molecular flexibility index (Phi) is 4.24. The van der Waals surface area contributed by atoms with Gasteiger partial charge in [0.05, 0.1) is 22.9 Å². The van der Waals surface area contributed by atoms with Crippen molar-refractivity contribution in [3.63, 3.8) is 0 Å². The molecule has 1 aromatic rings. The van der Waals surface area contributed by atoms with Crippen LogP contribution in [0.3, 0.4) is 0 Å². The number of urea groups is 1. The highest BCUT2D eigenvalue weighted by molar-refractivity contribution is 6.33. The molecule has 0 bridgehead atoms. The van der Waals surface area contributed by atoms with Gasteiger partial charge in [-0.25, -0.2) is 4.79 Å². The van der Waals surface area contributed by atoms with E-state index >= 15 is 0 Å². The molecule has 0 spiro atoms. The van der Waals surface area contributed by atoms with Gasteiger partial charge in [-0.15, -0.1) is 0 Å². The number of fused-ring (bicyclic) bond motifs is 1. The van der Waals surface area contributed by atoms with Crippen molar-refractivity contribution in [3.05, 3.63) is 17.2 Å². The van der Waals surface area contributed by atoms with Crippen molar-refractivity contribution in [2.24, 2.45) is 0 Å². The zero-order valence-electron chi connectivity index (χ0n) is 11.6. The minimum absolute atomic E-state index is 0.0926. The van der Waals surface area contributed by atoms with E-state index in [9.17, 15) is 9.59 Å². The molecule has 4 N–H and O–H groups in total. The van der Waals surface area contributed by atoms with Crippen molar-refractivity contribution in [1.29, 1.82) is 0 Å². The molecule has 0 unspecified atom stereocenters. The first kappa shape index (κ1) is 15.4. The van der Waals surface area contributed by atoms with Crippen molar-refractivity contribution in [2.45, 2.75) is 19.4 Å². The number of carbonyl (C=O) groups is 2. The molecular formula is C13H16ClN3O4. The maximum Gasteiger partial charge on any atom is 0.319 e. The van der Waals surface area contributed by atoms with Crippen LogP contribution >= 0.6 is 11.6 Å². The summed E-state index contributed by atoms with van der Waals surface area (Å²) < 4.78 is 5.22. The Morgan fingerprint density at radius 2 is 2.24 bits per heavy atom. The van der Waals surface area contributed by atoms with Gasteiger partial charge in [-0.1, -0.05) is 11.6 Å². The smallest absolute Gasteiger partial charge is 0.319 e. The molecule has 1 aromatic carbocycles. The van der Waals surface area contributed by atoms with Crippen LogP contribution in [0.15, 0.2) is 12.1 Å². The minimum atomic E-state index is -0.751. The van der Waals surface area contributed by atoms with Crippen LogP contribution in [0, 0.1) is 0 Å². The van der Waals surface area contributed by atoms with Gasteiger partial charge in [0.1, 0.15) is 0 Å². The third kappa shape index (κ3) is 3.77. The second-order valence-corrected chi connectivity index (χ2v) is 5.70. The molecule has 0 saturated heterocycles. The van der Waals surface area contributed by atoms with Gasteiger partial charge >= 0.3 is 6.03 Å². The van der Waals surface area contributed by atoms with Crippen LogP contribution in [0.2, 0.25) is 5.02 Å². The third-order valence-electron chi connectivity index (χ3n) is 2.77. The van der Waals surface area contributed by atoms with E-state index in [1.54, 1.807) is 19.9 Å². The molecule has 2 rings (SSSR count). The van der Waals surface area contributed by atoms with Crippen LogP contribution in [-0.4, -0.2) is 35.8 Å². The number of halogens is 1. The lowest BCUT2D eigenvalue weighted by Crippen LogP contribution is -2.48. The summed E-state index contributed by atoms with van der Waals surface area (Å²) in [5, 5.41) is 17.2. The van der Waals surface area contributed by atoms with Crippen LogP contribution in [0.4, 0.5) is 16.2 Å². The molecule has 114 valence electrons. The van der Waals surface area contributed by atoms with Crippen LogP contribution in [0.25, 0.3) is 0 Å². The van der Waals surface area contributed by atoms with Gasteiger partial charge < -0.3 is 25.8 Å². The van der Waals surface area contributed by atoms with Crippen LogP contribution < -0.4 is 20.7 Å². The fourth-order valence-corrected chi connectivity index (χ4v) is 2.01. The predicted octanol–water partition coefficient (Wildman–Crippen LogP) is 1.56. The van der Waals surface area contributed by atoms with Crippen LogP contribution in [-0.2, 0) is 4.79 Å². The van der Waals surface area contributed by atoms with Gasteiger partial charge in [-0.2, -0.15) is 0 Å². The quantitative estimate of drug-likeness (QED) is 0.680. The predicted molar refractivity (Wildman–Crippen MR) is 78.9 cm³/mol. The summed E-state index contributed by atoms with van der Waals surface area (Å²) in [7, 11) is 0. The number of carbonyl (C=O) groups excluding carboxylic acids is 2. The van der Waals surface area contributed by atoms with E-state index in [1.807, 2.05) is 0 Å². The number of nitrogens with one attached hydrogen (secondary N) is 3. The number of hydrogen-bond acceptors (Lipinski definition) is 4. The summed E-state index contributed by atoms with van der Waals surface area (Å²) >= 11 is 6.05. The number of anilines is 2. The molecule has 0 aliphatic carbocycles. The van der Waals surface area contributed by atoms with E-state index in [0.717, 1.165) is 0 Å². The molecule has 0 saturated carbocycles. The van der Waals surface area contributed by atoms with E-state index < -0.39 is 11.6 Å². The molecule has 8 heteroatoms. The number of ether oxygens (including phenoxy) is 1. The van der Waals surface area contributed by atoms with Gasteiger partial charge in [-0.3, -0.25) is 4.79 Å². The Bertz CT molecular complexity index is 589. The zero-order chi connectivity index (χ0) is 15.6. The van der Waals surface area contributed by atoms with Crippen molar-refractivity contribution in [2.75, 3.05) is 23.8 Å². The number of aliphatic hydroxyl groups excluding tert-OH is 1. The molecule has 0 atom stereocenters. The largest absolute Gasteiger partial charge is 0.480 e. The zero-order valence-corrected chi connectivity index (χ0v) is 12.4. The van der Waals surface area contributed by atoms with E-state index in [0.29, 0.717) is 17.1 Å². The summed E-state index contributed by atoms with van der Waals surface area (Å²) in [5.74, 6) is 0.0829. The topological polar surface area (TPSA) is 99.7 Å². The lowest BCUT2D eigenvalue weighted by Gasteiger charge is -2.24. The van der Waals surface area contributed by atoms with E-state index in [-0.39, 0.29) is 24.1 Å². The maximum absolute atomic E-state index is 11.8. The van der Waals surface area contributed by atoms with Crippen molar-refractivity contribution in [1.82, 2.24) is 5.32 Å². The SMILES string of the molecule is CC(C)(CO)NC(=O)Nc1cc(Cl)c2c(c1)NC(=O)CO2. The Balaban J connectivity index is 2.15. The molecule has 0 fully saturated rings. The highest BCUT2D eigenvalue weighted by Crippen LogP contribution is 2.38. The summed E-state index contributed by atoms with van der Waals surface area (Å²) in [4.78, 5) is 23.1. The highest BCUT2D eigenvalue weighted by Gasteiger charge is 2.22. The van der Waals surface area contributed by atoms with Crippen molar-refractivity contribution >= 4 is 34.9 Å². The average Bonchev–Trinajstić information content (AvgIpc) is 2.37. The number of hydrogen-bond donors (Lipinski definition) is 4. The van der Waals surface area contributed by atoms with Gasteiger partial charge in [0.25, 0.3) is 5.91 Å². The van der Waals surface area contributed by atoms with E-state index in [4.69, 9.17) is 21.4 Å². The molecule has 3 amide bonds. The molecular weight excluding hydrogens is 298 g/mol. The molecule has 0 aromatic heterocycles. The van der Waals surface area contributed by atoms with Gasteiger partial charge in [0.2, 0.25) is 0 Å². The Labute approximate surface area is 126 Å². The summed E-state index contributed by atoms with van der Waals surface area (Å²) in [6.07, 6.45) is 0. The molecule has 1 aliphatic heterocycles. The monoisotopic (exact) mass is 313 g/mol. The third-order valence-corrected chi connectivity index (χ3v) is 3.05. The summed E-state index contributed by atoms with van der Waals surface area (Å²) in [6.45, 7) is 3.07. The highest BCUT2D eigenvalue weighted by atomic mass is 35.5. The number of amides is 3. The fraction of sp³-hybridized carbons (Fsp3) is 0.385. The molecule has 1 aliphatic rings. The van der Waals surface area contributed by atoms with Crippen molar-refractivity contribution in [3.8, 4) is 5.75 Å². The van der Waals surface area contributed by atoms with E-state index in [1.165, 1.54) is 6.07 Å². The number of aliphatic hydroxyl groups is 1. The normalized spacial score (nSPS) is 13.8. The first-order chi connectivity index (χ1) is 9.80. The maximum atomic E-state index is 11.8. The Morgan fingerprint density at radius 3 is 2.90 bits per heavy atom. The molecule has 21 heavy (non-hydrogen) atoms.